The molecule has 2 aliphatic rings. The molecule has 2 fully saturated rings. The van der Waals surface area contributed by atoms with Crippen LogP contribution in [-0.2, 0) is 14.4 Å². The van der Waals surface area contributed by atoms with Crippen LogP contribution in [0.2, 0.25) is 0 Å². The van der Waals surface area contributed by atoms with Gasteiger partial charge in [0, 0.05) is 26.1 Å². The predicted octanol–water partition coefficient (Wildman–Crippen LogP) is -0.473. The fraction of sp³-hybridized carbons (Fsp3) is 0.889. The lowest BCUT2D eigenvalue weighted by molar-refractivity contribution is -0.216. The summed E-state index contributed by atoms with van der Waals surface area (Å²) in [5, 5.41) is 5.17. The van der Waals surface area contributed by atoms with E-state index in [0.29, 0.717) is 12.5 Å². The second-order valence-corrected chi connectivity index (χ2v) is 4.02. The molecule has 1 N–H and O–H groups in total. The van der Waals surface area contributed by atoms with Gasteiger partial charge in [-0.3, -0.25) is 4.84 Å². The van der Waals surface area contributed by atoms with Gasteiger partial charge in [0.1, 0.15) is 0 Å². The number of ether oxygens (including phenoxy) is 1. The van der Waals surface area contributed by atoms with Crippen molar-refractivity contribution >= 4 is 5.97 Å². The maximum Gasteiger partial charge on any atom is 0.340 e. The van der Waals surface area contributed by atoms with Gasteiger partial charge in [-0.25, -0.2) is 4.79 Å². The van der Waals surface area contributed by atoms with Gasteiger partial charge in [-0.1, -0.05) is 0 Å². The number of rotatable bonds is 1. The topological polar surface area (TPSA) is 50.8 Å². The maximum atomic E-state index is 11.5. The second kappa shape index (κ2) is 3.49. The van der Waals surface area contributed by atoms with E-state index >= 15 is 0 Å². The SMILES string of the molecule is COC(=O)[C@@]1(C)C[C@@H]2CNCCN2O1. The van der Waals surface area contributed by atoms with Crippen LogP contribution in [0.1, 0.15) is 13.3 Å². The van der Waals surface area contributed by atoms with E-state index in [1.165, 1.54) is 7.11 Å². The molecule has 2 aliphatic heterocycles. The Labute approximate surface area is 83.3 Å². The molecule has 2 heterocycles. The van der Waals surface area contributed by atoms with Crippen LogP contribution in [0.4, 0.5) is 0 Å². The number of methoxy groups -OCH3 is 1. The molecule has 2 saturated heterocycles. The van der Waals surface area contributed by atoms with Crippen molar-refractivity contribution < 1.29 is 14.4 Å². The number of esters is 1. The summed E-state index contributed by atoms with van der Waals surface area (Å²) < 4.78 is 4.73. The van der Waals surface area contributed by atoms with E-state index in [0.717, 1.165) is 19.6 Å². The fourth-order valence-corrected chi connectivity index (χ4v) is 2.12. The summed E-state index contributed by atoms with van der Waals surface area (Å²) in [6.07, 6.45) is 0.701. The van der Waals surface area contributed by atoms with Crippen molar-refractivity contribution in [1.82, 2.24) is 10.4 Å². The highest BCUT2D eigenvalue weighted by Crippen LogP contribution is 2.32. The average Bonchev–Trinajstić information content (AvgIpc) is 2.54. The number of piperazine rings is 1. The van der Waals surface area contributed by atoms with Gasteiger partial charge < -0.3 is 10.1 Å². The van der Waals surface area contributed by atoms with E-state index in [4.69, 9.17) is 9.57 Å². The molecular formula is C9H16N2O3. The summed E-state index contributed by atoms with van der Waals surface area (Å²) in [7, 11) is 1.40. The van der Waals surface area contributed by atoms with E-state index in [2.05, 4.69) is 5.32 Å². The van der Waals surface area contributed by atoms with Gasteiger partial charge >= 0.3 is 5.97 Å². The molecule has 2 rings (SSSR count). The summed E-state index contributed by atoms with van der Waals surface area (Å²) in [6.45, 7) is 4.41. The molecule has 80 valence electrons. The number of carbonyl (C=O) groups excluding carboxylic acids is 1. The normalized spacial score (nSPS) is 38.0. The Hall–Kier alpha value is -0.650. The Balaban J connectivity index is 2.07. The molecule has 0 amide bonds. The summed E-state index contributed by atoms with van der Waals surface area (Å²) >= 11 is 0. The van der Waals surface area contributed by atoms with Crippen LogP contribution < -0.4 is 5.32 Å². The highest BCUT2D eigenvalue weighted by molar-refractivity contribution is 5.79. The van der Waals surface area contributed by atoms with Gasteiger partial charge in [-0.2, -0.15) is 5.06 Å². The van der Waals surface area contributed by atoms with E-state index in [9.17, 15) is 4.79 Å². The predicted molar refractivity (Wildman–Crippen MR) is 49.5 cm³/mol. The van der Waals surface area contributed by atoms with Crippen LogP contribution >= 0.6 is 0 Å². The number of carbonyl (C=O) groups is 1. The van der Waals surface area contributed by atoms with Crippen LogP contribution in [-0.4, -0.2) is 49.4 Å². The third-order valence-corrected chi connectivity index (χ3v) is 2.86. The molecule has 2 atom stereocenters. The molecule has 0 spiro atoms. The van der Waals surface area contributed by atoms with Crippen LogP contribution in [0.25, 0.3) is 0 Å². The van der Waals surface area contributed by atoms with Gasteiger partial charge in [0.2, 0.25) is 0 Å². The third kappa shape index (κ3) is 1.51. The molecule has 0 bridgehead atoms. The monoisotopic (exact) mass is 200 g/mol. The van der Waals surface area contributed by atoms with Gasteiger partial charge in [0.15, 0.2) is 5.60 Å². The van der Waals surface area contributed by atoms with Gasteiger partial charge in [-0.15, -0.1) is 0 Å². The molecule has 5 nitrogen and oxygen atoms in total. The zero-order valence-electron chi connectivity index (χ0n) is 8.58. The van der Waals surface area contributed by atoms with Crippen molar-refractivity contribution in [3.8, 4) is 0 Å². The van der Waals surface area contributed by atoms with Gasteiger partial charge in [0.05, 0.1) is 13.2 Å². The first kappa shape index (κ1) is 9.89. The van der Waals surface area contributed by atoms with E-state index in [1.54, 1.807) is 6.92 Å². The number of nitrogens with one attached hydrogen (secondary N) is 1. The largest absolute Gasteiger partial charge is 0.467 e. The Morgan fingerprint density at radius 2 is 2.50 bits per heavy atom. The Morgan fingerprint density at radius 3 is 3.14 bits per heavy atom. The minimum atomic E-state index is -0.786. The summed E-state index contributed by atoms with van der Waals surface area (Å²) in [6, 6.07) is 0.299. The zero-order chi connectivity index (χ0) is 10.2. The van der Waals surface area contributed by atoms with Crippen molar-refractivity contribution in [1.29, 1.82) is 0 Å². The first-order chi connectivity index (χ1) is 6.65. The smallest absolute Gasteiger partial charge is 0.340 e. The fourth-order valence-electron chi connectivity index (χ4n) is 2.12. The lowest BCUT2D eigenvalue weighted by Crippen LogP contribution is -2.47. The standard InChI is InChI=1S/C9H16N2O3/c1-9(8(12)13-2)5-7-6-10-3-4-11(7)14-9/h7,10H,3-6H2,1-2H3/t7-,9-/m1/s1. The summed E-state index contributed by atoms with van der Waals surface area (Å²) in [5.74, 6) is -0.285. The lowest BCUT2D eigenvalue weighted by atomic mass is 9.98. The molecular weight excluding hydrogens is 184 g/mol. The third-order valence-electron chi connectivity index (χ3n) is 2.86. The Bertz CT molecular complexity index is 230. The van der Waals surface area contributed by atoms with E-state index < -0.39 is 5.60 Å². The average molecular weight is 200 g/mol. The second-order valence-electron chi connectivity index (χ2n) is 4.02. The van der Waals surface area contributed by atoms with Gasteiger partial charge in [0.25, 0.3) is 0 Å². The van der Waals surface area contributed by atoms with Crippen molar-refractivity contribution in [2.45, 2.75) is 25.0 Å². The van der Waals surface area contributed by atoms with Crippen LogP contribution in [0.3, 0.4) is 0 Å². The van der Waals surface area contributed by atoms with Crippen LogP contribution in [0.15, 0.2) is 0 Å². The minimum Gasteiger partial charge on any atom is -0.467 e. The molecule has 0 aromatic heterocycles. The number of nitrogens with zero attached hydrogens (tertiary/aromatic N) is 1. The minimum absolute atomic E-state index is 0.285. The quantitative estimate of drug-likeness (QED) is 0.580. The molecule has 0 unspecified atom stereocenters. The number of hydrogen-bond acceptors (Lipinski definition) is 5. The van der Waals surface area contributed by atoms with Gasteiger partial charge in [-0.05, 0) is 6.92 Å². The number of hydrogen-bond donors (Lipinski definition) is 1. The van der Waals surface area contributed by atoms with E-state index in [-0.39, 0.29) is 5.97 Å². The summed E-state index contributed by atoms with van der Waals surface area (Å²) in [5.41, 5.74) is -0.786. The molecule has 0 aromatic carbocycles. The van der Waals surface area contributed by atoms with Crippen molar-refractivity contribution in [3.63, 3.8) is 0 Å². The van der Waals surface area contributed by atoms with Crippen molar-refractivity contribution in [3.05, 3.63) is 0 Å². The Morgan fingerprint density at radius 1 is 1.71 bits per heavy atom. The lowest BCUT2D eigenvalue weighted by Gasteiger charge is -2.28. The van der Waals surface area contributed by atoms with Crippen LogP contribution in [0.5, 0.6) is 0 Å². The van der Waals surface area contributed by atoms with Crippen LogP contribution in [0, 0.1) is 0 Å². The highest BCUT2D eigenvalue weighted by atomic mass is 16.7. The number of fused-ring (bicyclic) bond motifs is 1. The molecule has 0 radical (unpaired) electrons. The molecule has 14 heavy (non-hydrogen) atoms. The van der Waals surface area contributed by atoms with Crippen molar-refractivity contribution in [2.24, 2.45) is 0 Å². The maximum absolute atomic E-state index is 11.5. The highest BCUT2D eigenvalue weighted by Gasteiger charge is 2.49. The van der Waals surface area contributed by atoms with Crippen molar-refractivity contribution in [2.75, 3.05) is 26.7 Å². The molecule has 0 aliphatic carbocycles. The first-order valence-corrected chi connectivity index (χ1v) is 4.90. The summed E-state index contributed by atoms with van der Waals surface area (Å²) in [4.78, 5) is 17.1. The first-order valence-electron chi connectivity index (χ1n) is 4.90. The zero-order valence-corrected chi connectivity index (χ0v) is 8.58. The number of hydroxylamine groups is 2. The Kier molecular flexibility index (Phi) is 2.47. The molecule has 5 heteroatoms. The molecule has 0 saturated carbocycles. The van der Waals surface area contributed by atoms with E-state index in [1.807, 2.05) is 5.06 Å². The molecule has 0 aromatic rings.